The first-order valence-electron chi connectivity index (χ1n) is 10.5. The van der Waals surface area contributed by atoms with Gasteiger partial charge in [-0.3, -0.25) is 9.59 Å². The molecule has 1 saturated heterocycles. The van der Waals surface area contributed by atoms with Crippen LogP contribution in [-0.2, 0) is 6.42 Å². The number of hydrogen-bond donors (Lipinski definition) is 0. The summed E-state index contributed by atoms with van der Waals surface area (Å²) in [6.07, 6.45) is 4.77. The van der Waals surface area contributed by atoms with Crippen LogP contribution in [0, 0.1) is 18.7 Å². The van der Waals surface area contributed by atoms with Gasteiger partial charge in [0.15, 0.2) is 11.2 Å². The van der Waals surface area contributed by atoms with Gasteiger partial charge in [-0.15, -0.1) is 0 Å². The zero-order chi connectivity index (χ0) is 21.1. The lowest BCUT2D eigenvalue weighted by molar-refractivity contribution is 0.0839. The number of piperidine rings is 1. The van der Waals surface area contributed by atoms with Gasteiger partial charge in [0.05, 0.1) is 11.6 Å². The normalized spacial score (nSPS) is 15.5. The summed E-state index contributed by atoms with van der Waals surface area (Å²) < 4.78 is 18.7. The van der Waals surface area contributed by atoms with Crippen LogP contribution in [-0.4, -0.2) is 30.3 Å². The Labute approximate surface area is 175 Å². The molecule has 0 radical (unpaired) electrons. The second kappa shape index (κ2) is 8.92. The third-order valence-corrected chi connectivity index (χ3v) is 6.01. The number of benzene rings is 2. The van der Waals surface area contributed by atoms with Crippen LogP contribution < -0.4 is 5.43 Å². The van der Waals surface area contributed by atoms with E-state index in [1.165, 1.54) is 12.1 Å². The highest BCUT2D eigenvalue weighted by molar-refractivity contribution is 5.97. The molecule has 2 aromatic carbocycles. The SMILES string of the molecule is Cc1ccc2occ(CCCN3CCC(C(=O)c4ccc(F)cc4)CC3)c(=O)c2c1. The quantitative estimate of drug-likeness (QED) is 0.553. The summed E-state index contributed by atoms with van der Waals surface area (Å²) in [5.41, 5.74) is 3.04. The van der Waals surface area contributed by atoms with Crippen molar-refractivity contribution < 1.29 is 13.6 Å². The van der Waals surface area contributed by atoms with Crippen LogP contribution in [0.15, 0.2) is 57.9 Å². The molecule has 1 aliphatic heterocycles. The minimum atomic E-state index is -0.322. The highest BCUT2D eigenvalue weighted by Crippen LogP contribution is 2.22. The predicted molar refractivity (Wildman–Crippen MR) is 115 cm³/mol. The molecular weight excluding hydrogens is 381 g/mol. The van der Waals surface area contributed by atoms with Crippen molar-refractivity contribution in [1.29, 1.82) is 0 Å². The van der Waals surface area contributed by atoms with Crippen molar-refractivity contribution in [3.05, 3.63) is 81.5 Å². The summed E-state index contributed by atoms with van der Waals surface area (Å²) in [6, 6.07) is 11.5. The van der Waals surface area contributed by atoms with Crippen molar-refractivity contribution in [1.82, 2.24) is 4.90 Å². The maximum atomic E-state index is 13.1. The number of ketones is 1. The number of halogens is 1. The molecule has 1 aromatic heterocycles. The summed E-state index contributed by atoms with van der Waals surface area (Å²) in [7, 11) is 0. The van der Waals surface area contributed by atoms with E-state index in [0.29, 0.717) is 23.0 Å². The summed E-state index contributed by atoms with van der Waals surface area (Å²) in [5.74, 6) is -0.210. The molecule has 0 amide bonds. The van der Waals surface area contributed by atoms with E-state index in [4.69, 9.17) is 4.42 Å². The lowest BCUT2D eigenvalue weighted by Crippen LogP contribution is -2.37. The highest BCUT2D eigenvalue weighted by atomic mass is 19.1. The maximum absolute atomic E-state index is 13.1. The van der Waals surface area contributed by atoms with Crippen molar-refractivity contribution >= 4 is 16.8 Å². The molecule has 0 aliphatic carbocycles. The molecule has 0 bridgehead atoms. The summed E-state index contributed by atoms with van der Waals surface area (Å²) in [4.78, 5) is 27.6. The van der Waals surface area contributed by atoms with Gasteiger partial charge >= 0.3 is 0 Å². The average molecular weight is 407 g/mol. The minimum Gasteiger partial charge on any atom is -0.464 e. The van der Waals surface area contributed by atoms with Gasteiger partial charge in [-0.25, -0.2) is 4.39 Å². The van der Waals surface area contributed by atoms with Crippen LogP contribution in [0.25, 0.3) is 11.0 Å². The molecule has 0 unspecified atom stereocenters. The molecule has 156 valence electrons. The number of hydrogen-bond acceptors (Lipinski definition) is 4. The smallest absolute Gasteiger partial charge is 0.195 e. The largest absolute Gasteiger partial charge is 0.464 e. The van der Waals surface area contributed by atoms with Crippen LogP contribution in [0.1, 0.15) is 40.7 Å². The number of Topliss-reactive ketones (excluding diaryl/α,β-unsaturated/α-hetero) is 1. The van der Waals surface area contributed by atoms with Gasteiger partial charge in [0, 0.05) is 17.0 Å². The molecule has 1 fully saturated rings. The number of aryl methyl sites for hydroxylation is 2. The van der Waals surface area contributed by atoms with Gasteiger partial charge < -0.3 is 9.32 Å². The highest BCUT2D eigenvalue weighted by Gasteiger charge is 2.25. The van der Waals surface area contributed by atoms with E-state index in [1.807, 2.05) is 25.1 Å². The summed E-state index contributed by atoms with van der Waals surface area (Å²) in [5, 5.41) is 0.646. The number of carbonyl (C=O) groups excluding carboxylic acids is 1. The van der Waals surface area contributed by atoms with Crippen LogP contribution in [0.2, 0.25) is 0 Å². The van der Waals surface area contributed by atoms with Crippen molar-refractivity contribution in [3.8, 4) is 0 Å². The Kier molecular flexibility index (Phi) is 6.09. The van der Waals surface area contributed by atoms with Crippen molar-refractivity contribution in [2.45, 2.75) is 32.6 Å². The lowest BCUT2D eigenvalue weighted by Gasteiger charge is -2.31. The zero-order valence-corrected chi connectivity index (χ0v) is 17.2. The van der Waals surface area contributed by atoms with Gasteiger partial charge in [0.25, 0.3) is 0 Å². The number of fused-ring (bicyclic) bond motifs is 1. The van der Waals surface area contributed by atoms with Gasteiger partial charge in [0.1, 0.15) is 11.4 Å². The van der Waals surface area contributed by atoms with Gasteiger partial charge in [0.2, 0.25) is 0 Å². The average Bonchev–Trinajstić information content (AvgIpc) is 2.76. The van der Waals surface area contributed by atoms with E-state index in [1.54, 1.807) is 18.4 Å². The third kappa shape index (κ3) is 4.51. The molecule has 5 heteroatoms. The second-order valence-corrected chi connectivity index (χ2v) is 8.18. The summed E-state index contributed by atoms with van der Waals surface area (Å²) >= 11 is 0. The lowest BCUT2D eigenvalue weighted by atomic mass is 9.89. The van der Waals surface area contributed by atoms with E-state index in [2.05, 4.69) is 4.90 Å². The molecular formula is C25H26FNO3. The van der Waals surface area contributed by atoms with Gasteiger partial charge in [-0.2, -0.15) is 0 Å². The Morgan fingerprint density at radius 2 is 1.87 bits per heavy atom. The first kappa shape index (κ1) is 20.5. The van der Waals surface area contributed by atoms with E-state index in [9.17, 15) is 14.0 Å². The van der Waals surface area contributed by atoms with E-state index < -0.39 is 0 Å². The Morgan fingerprint density at radius 1 is 1.13 bits per heavy atom. The Bertz CT molecular complexity index is 1100. The molecule has 0 N–H and O–H groups in total. The standard InChI is InChI=1S/C25H26FNO3/c1-17-4-9-23-22(15-17)25(29)20(16-30-23)3-2-12-27-13-10-19(11-14-27)24(28)18-5-7-21(26)8-6-18/h4-9,15-16,19H,2-3,10-14H2,1H3. The number of rotatable bonds is 6. The fourth-order valence-electron chi connectivity index (χ4n) is 4.22. The third-order valence-electron chi connectivity index (χ3n) is 6.01. The maximum Gasteiger partial charge on any atom is 0.195 e. The monoisotopic (exact) mass is 407 g/mol. The molecule has 0 spiro atoms. The van der Waals surface area contributed by atoms with Crippen LogP contribution in [0.4, 0.5) is 4.39 Å². The minimum absolute atomic E-state index is 0.00230. The van der Waals surface area contributed by atoms with Gasteiger partial charge in [-0.1, -0.05) is 11.6 Å². The Hall–Kier alpha value is -2.79. The summed E-state index contributed by atoms with van der Waals surface area (Å²) in [6.45, 7) is 4.59. The van der Waals surface area contributed by atoms with Crippen LogP contribution in [0.5, 0.6) is 0 Å². The molecule has 3 aromatic rings. The Balaban J connectivity index is 1.29. The van der Waals surface area contributed by atoms with Gasteiger partial charge in [-0.05, 0) is 88.6 Å². The second-order valence-electron chi connectivity index (χ2n) is 8.18. The molecule has 4 rings (SSSR count). The molecule has 2 heterocycles. The fraction of sp³-hybridized carbons (Fsp3) is 0.360. The first-order valence-corrected chi connectivity index (χ1v) is 10.5. The number of carbonyl (C=O) groups is 1. The number of nitrogens with zero attached hydrogens (tertiary/aromatic N) is 1. The Morgan fingerprint density at radius 3 is 2.60 bits per heavy atom. The van der Waals surface area contributed by atoms with E-state index >= 15 is 0 Å². The molecule has 30 heavy (non-hydrogen) atoms. The number of likely N-dealkylation sites (tertiary alicyclic amines) is 1. The van der Waals surface area contributed by atoms with Crippen LogP contribution >= 0.6 is 0 Å². The van der Waals surface area contributed by atoms with Crippen molar-refractivity contribution in [2.24, 2.45) is 5.92 Å². The zero-order valence-electron chi connectivity index (χ0n) is 17.2. The van der Waals surface area contributed by atoms with Crippen LogP contribution in [0.3, 0.4) is 0 Å². The first-order chi connectivity index (χ1) is 14.5. The van der Waals surface area contributed by atoms with Crippen molar-refractivity contribution in [3.63, 3.8) is 0 Å². The van der Waals surface area contributed by atoms with Crippen molar-refractivity contribution in [2.75, 3.05) is 19.6 Å². The molecule has 1 aliphatic rings. The fourth-order valence-corrected chi connectivity index (χ4v) is 4.22. The van der Waals surface area contributed by atoms with E-state index in [0.717, 1.165) is 50.0 Å². The predicted octanol–water partition coefficient (Wildman–Crippen LogP) is 4.77. The van der Waals surface area contributed by atoms with E-state index in [-0.39, 0.29) is 22.9 Å². The molecule has 0 saturated carbocycles. The topological polar surface area (TPSA) is 50.5 Å². The molecule has 0 atom stereocenters. The molecule has 4 nitrogen and oxygen atoms in total.